The first kappa shape index (κ1) is 24.0. The molecule has 0 N–H and O–H groups in total. The van der Waals surface area contributed by atoms with Gasteiger partial charge >= 0.3 is 0 Å². The molecule has 2 unspecified atom stereocenters. The van der Waals surface area contributed by atoms with Gasteiger partial charge in [-0.15, -0.1) is 0 Å². The molecule has 6 aliphatic rings. The molecule has 1 nitrogen and oxygen atoms in total. The van der Waals surface area contributed by atoms with Crippen LogP contribution in [-0.4, -0.2) is 5.78 Å². The number of carbonyl (C=O) groups excluding carboxylic acids is 1. The first-order valence-corrected chi connectivity index (χ1v) is 15.4. The van der Waals surface area contributed by atoms with E-state index in [1.54, 1.807) is 0 Å². The summed E-state index contributed by atoms with van der Waals surface area (Å²) in [6.45, 7) is 20.5. The summed E-state index contributed by atoms with van der Waals surface area (Å²) in [6, 6.07) is 0. The van der Waals surface area contributed by atoms with Crippen molar-refractivity contribution in [1.82, 2.24) is 0 Å². The number of hydrogen-bond acceptors (Lipinski definition) is 1. The third-order valence-corrected chi connectivity index (χ3v) is 14.7. The Bertz CT molecular complexity index is 785. The Morgan fingerprint density at radius 3 is 1.44 bits per heavy atom. The van der Waals surface area contributed by atoms with Crippen LogP contribution in [0.3, 0.4) is 0 Å². The molecule has 6 fully saturated rings. The van der Waals surface area contributed by atoms with Gasteiger partial charge in [-0.1, -0.05) is 55.4 Å². The van der Waals surface area contributed by atoms with E-state index in [1.807, 2.05) is 0 Å². The van der Waals surface area contributed by atoms with Crippen LogP contribution >= 0.6 is 0 Å². The number of rotatable bonds is 4. The highest BCUT2D eigenvalue weighted by molar-refractivity contribution is 5.79. The molecule has 6 rings (SSSR count). The van der Waals surface area contributed by atoms with E-state index >= 15 is 0 Å². The van der Waals surface area contributed by atoms with Crippen molar-refractivity contribution in [3.05, 3.63) is 0 Å². The molecule has 34 heavy (non-hydrogen) atoms. The highest BCUT2D eigenvalue weighted by atomic mass is 16.1. The lowest BCUT2D eigenvalue weighted by molar-refractivity contribution is -0.122. The van der Waals surface area contributed by atoms with Crippen LogP contribution in [0.4, 0.5) is 0 Å². The first-order chi connectivity index (χ1) is 15.8. The summed E-state index contributed by atoms with van der Waals surface area (Å²) in [5, 5.41) is 0. The van der Waals surface area contributed by atoms with Crippen molar-refractivity contribution in [3.63, 3.8) is 0 Å². The molecule has 6 aliphatic carbocycles. The second kappa shape index (κ2) is 7.37. The van der Waals surface area contributed by atoms with Crippen LogP contribution in [-0.2, 0) is 4.79 Å². The Hall–Kier alpha value is -0.330. The number of fused-ring (bicyclic) bond motifs is 2. The van der Waals surface area contributed by atoms with E-state index in [0.717, 1.165) is 60.2 Å². The highest BCUT2D eigenvalue weighted by Crippen LogP contribution is 2.76. The molecule has 4 bridgehead atoms. The Kier molecular flexibility index (Phi) is 5.21. The number of ketones is 1. The Labute approximate surface area is 211 Å². The SMILES string of the molecule is C[C@@H]1CC[C@@]23C[C@@H]1C(C)(C)[C@@H]2C(CC(=O)CC1C[C@@H](C)[C@]24CC[C@@H](C)[C@H](C2)C(C)(C)[C@H]14)C[C@H]3C. The van der Waals surface area contributed by atoms with Crippen molar-refractivity contribution in [2.75, 3.05) is 0 Å². The number of Topliss-reactive ketones (excluding diaryl/α,β-unsaturated/α-hetero) is 1. The average molecular weight is 467 g/mol. The minimum absolute atomic E-state index is 0.415. The van der Waals surface area contributed by atoms with Gasteiger partial charge in [-0.25, -0.2) is 0 Å². The predicted molar refractivity (Wildman–Crippen MR) is 141 cm³/mol. The molecule has 0 heterocycles. The second-order valence-electron chi connectivity index (χ2n) is 16.5. The van der Waals surface area contributed by atoms with Gasteiger partial charge in [0.1, 0.15) is 5.78 Å². The van der Waals surface area contributed by atoms with E-state index in [0.29, 0.717) is 39.3 Å². The van der Waals surface area contributed by atoms with E-state index < -0.39 is 0 Å². The highest BCUT2D eigenvalue weighted by Gasteiger charge is 2.69. The summed E-state index contributed by atoms with van der Waals surface area (Å²) in [7, 11) is 0. The average Bonchev–Trinajstić information content (AvgIpc) is 3.31. The van der Waals surface area contributed by atoms with Gasteiger partial charge in [-0.05, 0) is 132 Å². The molecule has 0 amide bonds. The molecule has 12 atom stereocenters. The van der Waals surface area contributed by atoms with Crippen LogP contribution in [0.1, 0.15) is 120 Å². The van der Waals surface area contributed by atoms with Crippen molar-refractivity contribution < 1.29 is 4.79 Å². The molecule has 2 spiro atoms. The van der Waals surface area contributed by atoms with Crippen LogP contribution in [0.2, 0.25) is 0 Å². The van der Waals surface area contributed by atoms with Crippen molar-refractivity contribution >= 4 is 5.78 Å². The summed E-state index contributed by atoms with van der Waals surface area (Å²) in [6.07, 6.45) is 13.1. The van der Waals surface area contributed by atoms with Crippen LogP contribution in [0.25, 0.3) is 0 Å². The lowest BCUT2D eigenvalue weighted by atomic mass is 9.64. The van der Waals surface area contributed by atoms with Gasteiger partial charge in [-0.2, -0.15) is 0 Å². The molecule has 0 radical (unpaired) electrons. The summed E-state index contributed by atoms with van der Waals surface area (Å²) >= 11 is 0. The van der Waals surface area contributed by atoms with Crippen molar-refractivity contribution in [3.8, 4) is 0 Å². The molecule has 0 aromatic heterocycles. The molecule has 6 saturated carbocycles. The minimum Gasteiger partial charge on any atom is -0.300 e. The third kappa shape index (κ3) is 2.88. The third-order valence-electron chi connectivity index (χ3n) is 14.7. The standard InChI is InChI=1S/C33H54O/c1-19-9-11-32-17-26(19)30(5,6)28(32)23(13-21(32)3)15-25(34)16-24-14-22(4)33-12-10-20(2)27(18-33)31(7,8)29(24)33/h19-24,26-29H,9-18H2,1-8H3/t19-,20-,21-,22-,23?,24?,26+,27+,28+,29+,32+,33+/m1/s1. The topological polar surface area (TPSA) is 17.1 Å². The molecule has 0 saturated heterocycles. The predicted octanol–water partition coefficient (Wildman–Crippen LogP) is 8.80. The molecule has 0 aromatic rings. The molecule has 1 heteroatoms. The number of hydrogen-bond donors (Lipinski definition) is 0. The van der Waals surface area contributed by atoms with Crippen LogP contribution < -0.4 is 0 Å². The smallest absolute Gasteiger partial charge is 0.133 e. The number of carbonyl (C=O) groups is 1. The van der Waals surface area contributed by atoms with Gasteiger partial charge in [0.05, 0.1) is 0 Å². The van der Waals surface area contributed by atoms with Crippen LogP contribution in [0.15, 0.2) is 0 Å². The van der Waals surface area contributed by atoms with Gasteiger partial charge in [-0.3, -0.25) is 4.79 Å². The largest absolute Gasteiger partial charge is 0.300 e. The fourth-order valence-corrected chi connectivity index (χ4v) is 13.7. The summed E-state index contributed by atoms with van der Waals surface area (Å²) < 4.78 is 0. The normalized spacial score (nSPS) is 56.4. The quantitative estimate of drug-likeness (QED) is 0.404. The monoisotopic (exact) mass is 466 g/mol. The van der Waals surface area contributed by atoms with Crippen molar-refractivity contribution in [1.29, 1.82) is 0 Å². The molecular weight excluding hydrogens is 412 g/mol. The molecule has 0 aromatic carbocycles. The Morgan fingerprint density at radius 2 is 1.06 bits per heavy atom. The zero-order chi connectivity index (χ0) is 24.4. The molecular formula is C33H54O. The fourth-order valence-electron chi connectivity index (χ4n) is 13.7. The van der Waals surface area contributed by atoms with Crippen molar-refractivity contribution in [2.24, 2.45) is 80.8 Å². The van der Waals surface area contributed by atoms with Gasteiger partial charge < -0.3 is 0 Å². The van der Waals surface area contributed by atoms with E-state index in [1.165, 1.54) is 51.4 Å². The minimum atomic E-state index is 0.415. The Balaban J connectivity index is 1.21. The van der Waals surface area contributed by atoms with E-state index in [2.05, 4.69) is 55.4 Å². The van der Waals surface area contributed by atoms with Crippen LogP contribution in [0.5, 0.6) is 0 Å². The van der Waals surface area contributed by atoms with E-state index in [4.69, 9.17) is 0 Å². The zero-order valence-electron chi connectivity index (χ0n) is 23.8. The molecule has 192 valence electrons. The maximum atomic E-state index is 13.9. The second-order valence-corrected chi connectivity index (χ2v) is 16.5. The van der Waals surface area contributed by atoms with Crippen LogP contribution in [0, 0.1) is 80.8 Å². The van der Waals surface area contributed by atoms with Gasteiger partial charge in [0.15, 0.2) is 0 Å². The summed E-state index contributed by atoms with van der Waals surface area (Å²) in [5.74, 6) is 8.64. The maximum Gasteiger partial charge on any atom is 0.133 e. The van der Waals surface area contributed by atoms with E-state index in [-0.39, 0.29) is 0 Å². The molecule has 0 aliphatic heterocycles. The summed E-state index contributed by atoms with van der Waals surface area (Å²) in [4.78, 5) is 13.9. The van der Waals surface area contributed by atoms with Gasteiger partial charge in [0, 0.05) is 12.8 Å². The lowest BCUT2D eigenvalue weighted by Gasteiger charge is -2.40. The van der Waals surface area contributed by atoms with Crippen molar-refractivity contribution in [2.45, 2.75) is 120 Å². The maximum absolute atomic E-state index is 13.9. The van der Waals surface area contributed by atoms with Gasteiger partial charge in [0.2, 0.25) is 0 Å². The zero-order valence-corrected chi connectivity index (χ0v) is 23.8. The lowest BCUT2D eigenvalue weighted by Crippen LogP contribution is -2.35. The Morgan fingerprint density at radius 1 is 0.676 bits per heavy atom. The van der Waals surface area contributed by atoms with Gasteiger partial charge in [0.25, 0.3) is 0 Å². The summed E-state index contributed by atoms with van der Waals surface area (Å²) in [5.41, 5.74) is 1.94. The fraction of sp³-hybridized carbons (Fsp3) is 0.970. The van der Waals surface area contributed by atoms with E-state index in [9.17, 15) is 4.79 Å². The first-order valence-electron chi connectivity index (χ1n) is 15.4.